The van der Waals surface area contributed by atoms with Gasteiger partial charge in [0.1, 0.15) is 0 Å². The molecule has 142 valence electrons. The number of amides is 1. The fraction of sp³-hybridized carbons (Fsp3) is 0.944. The van der Waals surface area contributed by atoms with Gasteiger partial charge in [-0.2, -0.15) is 0 Å². The first-order valence-corrected chi connectivity index (χ1v) is 9.44. The first-order valence-electron chi connectivity index (χ1n) is 9.44. The van der Waals surface area contributed by atoms with E-state index in [2.05, 4.69) is 29.4 Å². The summed E-state index contributed by atoms with van der Waals surface area (Å²) in [4.78, 5) is 15.0. The van der Waals surface area contributed by atoms with E-state index in [4.69, 9.17) is 4.74 Å². The molecule has 2 aliphatic rings. The van der Waals surface area contributed by atoms with Crippen LogP contribution in [-0.4, -0.2) is 62.3 Å². The van der Waals surface area contributed by atoms with Crippen molar-refractivity contribution in [2.75, 3.05) is 39.4 Å². The van der Waals surface area contributed by atoms with Crippen LogP contribution < -0.4 is 10.6 Å². The average molecular weight is 362 g/mol. The highest BCUT2D eigenvalue weighted by Crippen LogP contribution is 2.20. The van der Waals surface area contributed by atoms with Crippen LogP contribution in [0.5, 0.6) is 0 Å². The predicted molar refractivity (Wildman–Crippen MR) is 101 cm³/mol. The smallest absolute Gasteiger partial charge is 0.223 e. The molecular weight excluding hydrogens is 326 g/mol. The number of ether oxygens (including phenoxy) is 1. The van der Waals surface area contributed by atoms with Gasteiger partial charge in [-0.3, -0.25) is 4.79 Å². The number of hydrogen-bond donors (Lipinski definition) is 2. The second kappa shape index (κ2) is 11.3. The lowest BCUT2D eigenvalue weighted by molar-refractivity contribution is -0.127. The van der Waals surface area contributed by atoms with E-state index in [0.29, 0.717) is 18.0 Å². The van der Waals surface area contributed by atoms with Gasteiger partial charge in [-0.15, -0.1) is 12.4 Å². The Kier molecular flexibility index (Phi) is 10.2. The third-order valence-corrected chi connectivity index (χ3v) is 5.28. The van der Waals surface area contributed by atoms with E-state index in [9.17, 15) is 4.79 Å². The van der Waals surface area contributed by atoms with Crippen LogP contribution in [-0.2, 0) is 9.53 Å². The molecule has 2 N–H and O–H groups in total. The normalized spacial score (nSPS) is 31.3. The van der Waals surface area contributed by atoms with E-state index in [1.54, 1.807) is 0 Å². The van der Waals surface area contributed by atoms with Gasteiger partial charge in [-0.1, -0.05) is 6.92 Å². The van der Waals surface area contributed by atoms with Gasteiger partial charge in [0.15, 0.2) is 0 Å². The highest BCUT2D eigenvalue weighted by atomic mass is 35.5. The van der Waals surface area contributed by atoms with Crippen LogP contribution in [0.3, 0.4) is 0 Å². The Balaban J connectivity index is 0.00000288. The summed E-state index contributed by atoms with van der Waals surface area (Å²) in [6.07, 6.45) is 4.12. The van der Waals surface area contributed by atoms with Crippen molar-refractivity contribution >= 4 is 18.3 Å². The molecule has 2 heterocycles. The number of carbonyl (C=O) groups excluding carboxylic acids is 1. The monoisotopic (exact) mass is 361 g/mol. The summed E-state index contributed by atoms with van der Waals surface area (Å²) in [6.45, 7) is 12.4. The zero-order valence-corrected chi connectivity index (χ0v) is 16.4. The van der Waals surface area contributed by atoms with Gasteiger partial charge in [-0.05, 0) is 52.0 Å². The van der Waals surface area contributed by atoms with Crippen LogP contribution >= 0.6 is 12.4 Å². The van der Waals surface area contributed by atoms with Crippen molar-refractivity contribution in [1.82, 2.24) is 15.5 Å². The van der Waals surface area contributed by atoms with Crippen LogP contribution in [0.4, 0.5) is 0 Å². The van der Waals surface area contributed by atoms with Crippen LogP contribution in [0, 0.1) is 11.8 Å². The number of carbonyl (C=O) groups is 1. The third-order valence-electron chi connectivity index (χ3n) is 5.28. The van der Waals surface area contributed by atoms with Gasteiger partial charge in [-0.25, -0.2) is 0 Å². The molecule has 0 spiro atoms. The van der Waals surface area contributed by atoms with Gasteiger partial charge in [0.25, 0.3) is 0 Å². The topological polar surface area (TPSA) is 53.6 Å². The van der Waals surface area contributed by atoms with Crippen molar-refractivity contribution in [1.29, 1.82) is 0 Å². The van der Waals surface area contributed by atoms with E-state index in [1.807, 2.05) is 6.92 Å². The number of piperidine rings is 2. The standard InChI is InChI=1S/C18H35N3O2.ClH/c1-4-23-11-5-9-21-10-7-17(14(2)13-21)20-18(22)16-6-8-19-15(3)12-16;/h14-17,19H,4-13H2,1-3H3,(H,20,22);1H/t14?,15-,16-,17?;/m0./s1. The molecule has 0 bridgehead atoms. The molecule has 1 amide bonds. The van der Waals surface area contributed by atoms with Gasteiger partial charge in [0, 0.05) is 50.8 Å². The van der Waals surface area contributed by atoms with Crippen molar-refractivity contribution < 1.29 is 9.53 Å². The molecular formula is C18H36ClN3O2. The molecule has 2 fully saturated rings. The minimum Gasteiger partial charge on any atom is -0.382 e. The summed E-state index contributed by atoms with van der Waals surface area (Å²) >= 11 is 0. The molecule has 6 heteroatoms. The minimum absolute atomic E-state index is 0. The lowest BCUT2D eigenvalue weighted by Gasteiger charge is -2.38. The largest absolute Gasteiger partial charge is 0.382 e. The van der Waals surface area contributed by atoms with Gasteiger partial charge < -0.3 is 20.3 Å². The molecule has 0 aliphatic carbocycles. The molecule has 2 unspecified atom stereocenters. The fourth-order valence-corrected chi connectivity index (χ4v) is 3.85. The highest BCUT2D eigenvalue weighted by molar-refractivity contribution is 5.85. The van der Waals surface area contributed by atoms with Crippen molar-refractivity contribution in [3.8, 4) is 0 Å². The van der Waals surface area contributed by atoms with Crippen LogP contribution in [0.2, 0.25) is 0 Å². The van der Waals surface area contributed by atoms with E-state index < -0.39 is 0 Å². The van der Waals surface area contributed by atoms with Crippen molar-refractivity contribution in [2.45, 2.75) is 58.5 Å². The van der Waals surface area contributed by atoms with E-state index in [1.165, 1.54) is 0 Å². The highest BCUT2D eigenvalue weighted by Gasteiger charge is 2.30. The van der Waals surface area contributed by atoms with E-state index in [-0.39, 0.29) is 24.2 Å². The summed E-state index contributed by atoms with van der Waals surface area (Å²) in [5.41, 5.74) is 0. The third kappa shape index (κ3) is 6.87. The van der Waals surface area contributed by atoms with Crippen molar-refractivity contribution in [3.63, 3.8) is 0 Å². The second-order valence-corrected chi connectivity index (χ2v) is 7.31. The Labute approximate surface area is 153 Å². The number of likely N-dealkylation sites (tertiary alicyclic amines) is 1. The summed E-state index contributed by atoms with van der Waals surface area (Å²) < 4.78 is 5.41. The number of nitrogens with zero attached hydrogens (tertiary/aromatic N) is 1. The molecule has 5 nitrogen and oxygen atoms in total. The molecule has 0 aromatic heterocycles. The lowest BCUT2D eigenvalue weighted by Crippen LogP contribution is -2.52. The Morgan fingerprint density at radius 1 is 1.33 bits per heavy atom. The Hall–Kier alpha value is -0.360. The maximum Gasteiger partial charge on any atom is 0.223 e. The molecule has 4 atom stereocenters. The summed E-state index contributed by atoms with van der Waals surface area (Å²) in [6, 6.07) is 0.806. The number of nitrogens with one attached hydrogen (secondary N) is 2. The zero-order valence-electron chi connectivity index (χ0n) is 15.6. The fourth-order valence-electron chi connectivity index (χ4n) is 3.85. The first kappa shape index (κ1) is 21.7. The van der Waals surface area contributed by atoms with E-state index in [0.717, 1.165) is 65.1 Å². The summed E-state index contributed by atoms with van der Waals surface area (Å²) in [5.74, 6) is 1.00. The van der Waals surface area contributed by atoms with Crippen LogP contribution in [0.1, 0.15) is 46.5 Å². The second-order valence-electron chi connectivity index (χ2n) is 7.31. The van der Waals surface area contributed by atoms with Crippen molar-refractivity contribution in [2.24, 2.45) is 11.8 Å². The SMILES string of the molecule is CCOCCCN1CCC(NC(=O)[C@H]2CCN[C@@H](C)C2)C(C)C1.Cl. The van der Waals surface area contributed by atoms with Gasteiger partial charge in [0.2, 0.25) is 5.91 Å². The van der Waals surface area contributed by atoms with Crippen LogP contribution in [0.15, 0.2) is 0 Å². The number of hydrogen-bond acceptors (Lipinski definition) is 4. The summed E-state index contributed by atoms with van der Waals surface area (Å²) in [7, 11) is 0. The molecule has 0 radical (unpaired) electrons. The Morgan fingerprint density at radius 2 is 2.12 bits per heavy atom. The molecule has 0 saturated carbocycles. The average Bonchev–Trinajstić information content (AvgIpc) is 2.54. The first-order chi connectivity index (χ1) is 11.1. The van der Waals surface area contributed by atoms with Crippen molar-refractivity contribution in [3.05, 3.63) is 0 Å². The maximum atomic E-state index is 12.5. The lowest BCUT2D eigenvalue weighted by atomic mass is 9.89. The molecule has 0 aromatic rings. The molecule has 0 aromatic carbocycles. The molecule has 2 rings (SSSR count). The van der Waals surface area contributed by atoms with Gasteiger partial charge >= 0.3 is 0 Å². The quantitative estimate of drug-likeness (QED) is 0.681. The predicted octanol–water partition coefficient (Wildman–Crippen LogP) is 2.05. The summed E-state index contributed by atoms with van der Waals surface area (Å²) in [5, 5.41) is 6.75. The van der Waals surface area contributed by atoms with Crippen LogP contribution in [0.25, 0.3) is 0 Å². The Bertz CT molecular complexity index is 370. The molecule has 2 aliphatic heterocycles. The number of halogens is 1. The zero-order chi connectivity index (χ0) is 16.7. The van der Waals surface area contributed by atoms with E-state index >= 15 is 0 Å². The maximum absolute atomic E-state index is 12.5. The molecule has 2 saturated heterocycles. The molecule has 24 heavy (non-hydrogen) atoms. The minimum atomic E-state index is 0. The Morgan fingerprint density at radius 3 is 2.79 bits per heavy atom. The van der Waals surface area contributed by atoms with Gasteiger partial charge in [0.05, 0.1) is 0 Å². The number of rotatable bonds is 7.